The van der Waals surface area contributed by atoms with Gasteiger partial charge in [-0.05, 0) is 133 Å². The van der Waals surface area contributed by atoms with Crippen molar-refractivity contribution in [2.24, 2.45) is 17.8 Å². The van der Waals surface area contributed by atoms with Gasteiger partial charge in [-0.2, -0.15) is 0 Å². The number of hydrogen-bond acceptors (Lipinski definition) is 3. The number of anilines is 1. The highest BCUT2D eigenvalue weighted by Crippen LogP contribution is 2.49. The van der Waals surface area contributed by atoms with Crippen LogP contribution in [0.3, 0.4) is 0 Å². The van der Waals surface area contributed by atoms with E-state index >= 15 is 0 Å². The Balaban J connectivity index is 1.24. The van der Waals surface area contributed by atoms with Gasteiger partial charge in [-0.15, -0.1) is 0 Å². The minimum absolute atomic E-state index is 0.135. The Hall–Kier alpha value is -3.33. The van der Waals surface area contributed by atoms with E-state index in [1.54, 1.807) is 13.2 Å². The molecule has 0 bridgehead atoms. The quantitative estimate of drug-likeness (QED) is 0.338. The summed E-state index contributed by atoms with van der Waals surface area (Å²) in [6, 6.07) is 16.1. The van der Waals surface area contributed by atoms with Gasteiger partial charge in [0.1, 0.15) is 5.75 Å². The van der Waals surface area contributed by atoms with Crippen molar-refractivity contribution in [1.29, 1.82) is 0 Å². The molecule has 0 amide bonds. The van der Waals surface area contributed by atoms with Crippen LogP contribution >= 0.6 is 0 Å². The fraction of sp³-hybridized carbons (Fsp3) is 0.462. The largest absolute Gasteiger partial charge is 0.496 e. The molecule has 3 heteroatoms. The van der Waals surface area contributed by atoms with Gasteiger partial charge in [-0.1, -0.05) is 62.4 Å². The smallest absolute Gasteiger partial charge is 0.156 e. The second-order valence-electron chi connectivity index (χ2n) is 13.0. The molecule has 220 valence electrons. The number of benzene rings is 2. The monoisotopic (exact) mass is 561 g/mol. The van der Waals surface area contributed by atoms with Gasteiger partial charge in [0.2, 0.25) is 0 Å². The number of carbonyl (C=O) groups is 1. The van der Waals surface area contributed by atoms with E-state index in [1.165, 1.54) is 84.3 Å². The zero-order valence-corrected chi connectivity index (χ0v) is 25.8. The number of hydrogen-bond donors (Lipinski definition) is 0. The molecule has 0 aromatic heterocycles. The van der Waals surface area contributed by atoms with Gasteiger partial charge in [0, 0.05) is 25.2 Å². The molecule has 2 aromatic carbocycles. The van der Waals surface area contributed by atoms with Gasteiger partial charge in [0.15, 0.2) is 5.78 Å². The molecule has 4 aliphatic rings. The van der Waals surface area contributed by atoms with Crippen molar-refractivity contribution in [2.75, 3.05) is 25.1 Å². The number of ketones is 1. The topological polar surface area (TPSA) is 29.5 Å². The molecule has 1 saturated heterocycles. The fourth-order valence-corrected chi connectivity index (χ4v) is 7.55. The molecule has 4 unspecified atom stereocenters. The molecular weight excluding hydrogens is 514 g/mol. The van der Waals surface area contributed by atoms with E-state index in [-0.39, 0.29) is 11.7 Å². The van der Waals surface area contributed by atoms with Crippen LogP contribution in [-0.4, -0.2) is 26.0 Å². The van der Waals surface area contributed by atoms with Crippen molar-refractivity contribution < 1.29 is 9.53 Å². The molecule has 0 spiro atoms. The highest BCUT2D eigenvalue weighted by molar-refractivity contribution is 5.92. The minimum Gasteiger partial charge on any atom is -0.496 e. The van der Waals surface area contributed by atoms with Crippen LogP contribution in [0.4, 0.5) is 5.69 Å². The summed E-state index contributed by atoms with van der Waals surface area (Å²) in [6.07, 6.45) is 20.8. The molecule has 2 fully saturated rings. The first-order valence-corrected chi connectivity index (χ1v) is 16.4. The Labute approximate surface area is 253 Å². The van der Waals surface area contributed by atoms with Gasteiger partial charge in [0.05, 0.1) is 7.11 Å². The average molecular weight is 562 g/mol. The van der Waals surface area contributed by atoms with Crippen LogP contribution in [0, 0.1) is 17.8 Å². The fourth-order valence-electron chi connectivity index (χ4n) is 7.55. The summed E-state index contributed by atoms with van der Waals surface area (Å²) in [5, 5.41) is 0. The number of fused-ring (bicyclic) bond motifs is 1. The van der Waals surface area contributed by atoms with E-state index in [0.717, 1.165) is 30.9 Å². The van der Waals surface area contributed by atoms with Crippen molar-refractivity contribution in [3.05, 3.63) is 106 Å². The van der Waals surface area contributed by atoms with Crippen LogP contribution in [0.2, 0.25) is 0 Å². The maximum Gasteiger partial charge on any atom is 0.156 e. The second-order valence-corrected chi connectivity index (χ2v) is 13.0. The van der Waals surface area contributed by atoms with Crippen molar-refractivity contribution in [1.82, 2.24) is 0 Å². The number of carbonyl (C=O) groups excluding carboxylic acids is 1. The van der Waals surface area contributed by atoms with Gasteiger partial charge in [-0.25, -0.2) is 0 Å². The highest BCUT2D eigenvalue weighted by atomic mass is 16.5. The van der Waals surface area contributed by atoms with E-state index in [4.69, 9.17) is 4.74 Å². The first kappa shape index (κ1) is 28.8. The molecule has 1 saturated carbocycles. The van der Waals surface area contributed by atoms with Crippen molar-refractivity contribution in [3.8, 4) is 5.75 Å². The number of ether oxygens (including phenoxy) is 1. The van der Waals surface area contributed by atoms with Crippen molar-refractivity contribution in [3.63, 3.8) is 0 Å². The Kier molecular flexibility index (Phi) is 8.84. The van der Waals surface area contributed by atoms with Gasteiger partial charge in [-0.3, -0.25) is 4.79 Å². The van der Waals surface area contributed by atoms with E-state index in [0.29, 0.717) is 18.3 Å². The van der Waals surface area contributed by atoms with Crippen LogP contribution in [-0.2, 0) is 17.6 Å². The zero-order valence-electron chi connectivity index (χ0n) is 25.8. The molecule has 6 rings (SSSR count). The zero-order chi connectivity index (χ0) is 29.1. The Morgan fingerprint density at radius 3 is 2.52 bits per heavy atom. The lowest BCUT2D eigenvalue weighted by Gasteiger charge is -2.39. The van der Waals surface area contributed by atoms with Crippen LogP contribution in [0.1, 0.15) is 81.4 Å². The number of rotatable bonds is 7. The van der Waals surface area contributed by atoms with E-state index in [1.807, 2.05) is 0 Å². The third-order valence-corrected chi connectivity index (χ3v) is 10.3. The standard InChI is InChI=1S/C39H47NO2/c1-4-28-10-19-39(42-3)33(23-28)24-32-25-35(41)16-13-29-8-5-9-31(26-38(29)32)37-18-17-36(37)30-11-14-34(15-12-30)40-21-6-7-27(2)20-22-40/h8-16,19,23,26-27,32,36-37H,4-7,17-18,20-22,24-25H2,1-3H3. The molecule has 4 atom stereocenters. The highest BCUT2D eigenvalue weighted by Gasteiger charge is 2.35. The van der Waals surface area contributed by atoms with Crippen molar-refractivity contribution >= 4 is 11.5 Å². The summed E-state index contributed by atoms with van der Waals surface area (Å²) < 4.78 is 5.76. The number of methoxy groups -OCH3 is 1. The summed E-state index contributed by atoms with van der Waals surface area (Å²) in [7, 11) is 1.75. The summed E-state index contributed by atoms with van der Waals surface area (Å²) in [5.41, 5.74) is 9.36. The SMILES string of the molecule is CCc1ccc(OC)c(CC2CC(=O)C=CC3=CCC=C(C4CCC4c4ccc(N5CCCC(C)CC5)cc4)C=C32)c1. The molecule has 42 heavy (non-hydrogen) atoms. The molecule has 0 N–H and O–H groups in total. The summed E-state index contributed by atoms with van der Waals surface area (Å²) >= 11 is 0. The van der Waals surface area contributed by atoms with Crippen molar-refractivity contribution in [2.45, 2.75) is 77.6 Å². The molecule has 1 aliphatic heterocycles. The van der Waals surface area contributed by atoms with Crippen LogP contribution in [0.25, 0.3) is 0 Å². The molecule has 2 aromatic rings. The molecule has 3 aliphatic carbocycles. The lowest BCUT2D eigenvalue weighted by molar-refractivity contribution is -0.115. The number of nitrogens with zero attached hydrogens (tertiary/aromatic N) is 1. The second kappa shape index (κ2) is 12.9. The predicted molar refractivity (Wildman–Crippen MR) is 174 cm³/mol. The lowest BCUT2D eigenvalue weighted by Crippen LogP contribution is -2.26. The lowest BCUT2D eigenvalue weighted by atomic mass is 9.66. The third-order valence-electron chi connectivity index (χ3n) is 10.3. The summed E-state index contributed by atoms with van der Waals surface area (Å²) in [6.45, 7) is 6.94. The predicted octanol–water partition coefficient (Wildman–Crippen LogP) is 8.95. The average Bonchev–Trinajstić information content (AvgIpc) is 3.39. The van der Waals surface area contributed by atoms with Gasteiger partial charge >= 0.3 is 0 Å². The molecule has 1 heterocycles. The molecule has 3 nitrogen and oxygen atoms in total. The van der Waals surface area contributed by atoms with Crippen LogP contribution < -0.4 is 9.64 Å². The van der Waals surface area contributed by atoms with Crippen LogP contribution in [0.15, 0.2) is 89.6 Å². The third kappa shape index (κ3) is 6.21. The first-order valence-electron chi connectivity index (χ1n) is 16.4. The van der Waals surface area contributed by atoms with E-state index in [2.05, 4.69) is 85.5 Å². The Bertz CT molecular complexity index is 1410. The molecule has 0 radical (unpaired) electrons. The van der Waals surface area contributed by atoms with Crippen LogP contribution in [0.5, 0.6) is 5.75 Å². The molecular formula is C39H47NO2. The maximum atomic E-state index is 12.9. The van der Waals surface area contributed by atoms with Gasteiger partial charge in [0.25, 0.3) is 0 Å². The minimum atomic E-state index is 0.135. The maximum absolute atomic E-state index is 12.9. The Morgan fingerprint density at radius 1 is 0.929 bits per heavy atom. The normalized spacial score (nSPS) is 26.1. The summed E-state index contributed by atoms with van der Waals surface area (Å²) in [5.74, 6) is 3.21. The Morgan fingerprint density at radius 2 is 1.76 bits per heavy atom. The van der Waals surface area contributed by atoms with Gasteiger partial charge < -0.3 is 9.64 Å². The summed E-state index contributed by atoms with van der Waals surface area (Å²) in [4.78, 5) is 15.5. The number of allylic oxidation sites excluding steroid dienone is 8. The first-order chi connectivity index (χ1) is 20.5. The van der Waals surface area contributed by atoms with E-state index in [9.17, 15) is 4.79 Å². The number of aryl methyl sites for hydroxylation is 1. The van der Waals surface area contributed by atoms with E-state index < -0.39 is 0 Å².